The van der Waals surface area contributed by atoms with Gasteiger partial charge in [0.15, 0.2) is 11.1 Å². The molecule has 49 heavy (non-hydrogen) atoms. The second-order valence-electron chi connectivity index (χ2n) is 11.6. The molecule has 0 aliphatic carbocycles. The molecule has 3 amide bonds. The first-order chi connectivity index (χ1) is 22.8. The zero-order valence-electron chi connectivity index (χ0n) is 26.6. The SMILES string of the molecule is COC[C@H](NC(=O)C(F)(F)c1cccc(Cl)c1)C(=O)N1C[C@H](C(c2ccc(OC)cc2)S(=O)O)C[C@H]1C(=O)N[C@H](C(=O)C(F)(F)F)C(C)C. The number of methoxy groups -OCH3 is 2. The summed E-state index contributed by atoms with van der Waals surface area (Å²) in [5.41, 5.74) is -0.503. The summed E-state index contributed by atoms with van der Waals surface area (Å²) in [5, 5.41) is 2.62. The third-order valence-corrected chi connectivity index (χ3v) is 9.27. The highest BCUT2D eigenvalue weighted by atomic mass is 35.5. The molecular formula is C31H35ClF5N3O8S. The van der Waals surface area contributed by atoms with Crippen LogP contribution < -0.4 is 15.4 Å². The summed E-state index contributed by atoms with van der Waals surface area (Å²) < 4.78 is 104. The molecule has 0 spiro atoms. The molecule has 2 aromatic rings. The van der Waals surface area contributed by atoms with E-state index in [0.29, 0.717) is 5.75 Å². The molecule has 270 valence electrons. The lowest BCUT2D eigenvalue weighted by Gasteiger charge is -2.31. The fraction of sp³-hybridized carbons (Fsp3) is 0.484. The van der Waals surface area contributed by atoms with Gasteiger partial charge in [-0.15, -0.1) is 0 Å². The lowest BCUT2D eigenvalue weighted by atomic mass is 9.95. The van der Waals surface area contributed by atoms with Crippen molar-refractivity contribution >= 4 is 46.2 Å². The number of alkyl halides is 5. The van der Waals surface area contributed by atoms with Gasteiger partial charge in [-0.3, -0.25) is 19.2 Å². The predicted octanol–water partition coefficient (Wildman–Crippen LogP) is 4.02. The van der Waals surface area contributed by atoms with E-state index in [9.17, 15) is 41.1 Å². The molecule has 0 aromatic heterocycles. The summed E-state index contributed by atoms with van der Waals surface area (Å²) in [6, 6.07) is 4.64. The van der Waals surface area contributed by atoms with Gasteiger partial charge in [-0.05, 0) is 48.1 Å². The Morgan fingerprint density at radius 2 is 1.67 bits per heavy atom. The minimum atomic E-state index is -5.31. The van der Waals surface area contributed by atoms with Crippen molar-refractivity contribution in [3.05, 3.63) is 64.7 Å². The molecule has 0 radical (unpaired) electrons. The van der Waals surface area contributed by atoms with Gasteiger partial charge in [0.2, 0.25) is 11.8 Å². The molecule has 1 fully saturated rings. The van der Waals surface area contributed by atoms with Crippen molar-refractivity contribution in [1.82, 2.24) is 15.5 Å². The van der Waals surface area contributed by atoms with Crippen molar-refractivity contribution in [3.63, 3.8) is 0 Å². The normalized spacial score (nSPS) is 19.1. The zero-order valence-corrected chi connectivity index (χ0v) is 28.2. The Hall–Kier alpha value is -3.67. The smallest absolute Gasteiger partial charge is 0.452 e. The van der Waals surface area contributed by atoms with Crippen molar-refractivity contribution in [3.8, 4) is 5.75 Å². The van der Waals surface area contributed by atoms with Crippen LogP contribution in [0.3, 0.4) is 0 Å². The molecule has 0 saturated carbocycles. The largest absolute Gasteiger partial charge is 0.497 e. The van der Waals surface area contributed by atoms with Crippen molar-refractivity contribution in [2.75, 3.05) is 27.4 Å². The summed E-state index contributed by atoms with van der Waals surface area (Å²) in [6.45, 7) is 1.36. The van der Waals surface area contributed by atoms with Crippen LogP contribution in [-0.4, -0.2) is 88.8 Å². The number of nitrogens with one attached hydrogen (secondary N) is 2. The van der Waals surface area contributed by atoms with Crippen LogP contribution in [0.5, 0.6) is 5.75 Å². The summed E-state index contributed by atoms with van der Waals surface area (Å²) in [7, 11) is 2.50. The molecule has 2 aromatic carbocycles. The van der Waals surface area contributed by atoms with Crippen LogP contribution in [0.4, 0.5) is 22.0 Å². The van der Waals surface area contributed by atoms with Gasteiger partial charge in [0.1, 0.15) is 17.8 Å². The molecule has 1 saturated heterocycles. The van der Waals surface area contributed by atoms with Gasteiger partial charge in [-0.2, -0.15) is 22.0 Å². The molecule has 1 heterocycles. The lowest BCUT2D eigenvalue weighted by Crippen LogP contribution is -2.58. The highest BCUT2D eigenvalue weighted by Crippen LogP contribution is 2.38. The molecule has 0 bridgehead atoms. The second-order valence-corrected chi connectivity index (χ2v) is 13.1. The average molecular weight is 740 g/mol. The number of benzene rings is 2. The average Bonchev–Trinajstić information content (AvgIpc) is 3.47. The van der Waals surface area contributed by atoms with E-state index in [1.165, 1.54) is 57.4 Å². The number of hydrogen-bond donors (Lipinski definition) is 3. The summed E-state index contributed by atoms with van der Waals surface area (Å²) >= 11 is 3.18. The fourth-order valence-electron chi connectivity index (χ4n) is 5.49. The highest BCUT2D eigenvalue weighted by Gasteiger charge is 2.50. The minimum absolute atomic E-state index is 0.0946. The van der Waals surface area contributed by atoms with Crippen LogP contribution in [-0.2, 0) is 40.9 Å². The quantitative estimate of drug-likeness (QED) is 0.194. The molecular weight excluding hydrogens is 705 g/mol. The standard InChI is InChI=1S/C31H35ClF5N3O8S/c1-16(2)24(26(41)31(35,36)37)39-27(42)23-12-18(25(49(45)46)17-8-10-21(48-4)11-9-17)14-40(23)28(43)22(15-47-3)38-29(44)30(33,34)19-6-5-7-20(32)13-19/h5-11,13,16,18,22-25H,12,14-15H2,1-4H3,(H,38,44)(H,39,42)(H,45,46)/t18-,22+,23+,24+,25?/m1/s1. The molecule has 6 atom stereocenters. The minimum Gasteiger partial charge on any atom is -0.497 e. The second kappa shape index (κ2) is 16.4. The van der Waals surface area contributed by atoms with Gasteiger partial charge in [0.05, 0.1) is 25.0 Å². The van der Waals surface area contributed by atoms with Gasteiger partial charge in [0, 0.05) is 24.2 Å². The number of hydrogen-bond acceptors (Lipinski definition) is 7. The number of amides is 3. The first-order valence-electron chi connectivity index (χ1n) is 14.7. The number of Topliss-reactive ketones (excluding diaryl/α,β-unsaturated/α-hetero) is 1. The van der Waals surface area contributed by atoms with Crippen LogP contribution in [0.25, 0.3) is 0 Å². The van der Waals surface area contributed by atoms with E-state index in [0.717, 1.165) is 24.1 Å². The summed E-state index contributed by atoms with van der Waals surface area (Å²) in [4.78, 5) is 53.4. The maximum Gasteiger partial charge on any atom is 0.452 e. The van der Waals surface area contributed by atoms with Gasteiger partial charge >= 0.3 is 12.1 Å². The van der Waals surface area contributed by atoms with E-state index in [1.807, 2.05) is 10.6 Å². The van der Waals surface area contributed by atoms with Crippen LogP contribution in [0, 0.1) is 11.8 Å². The van der Waals surface area contributed by atoms with Crippen LogP contribution in [0.15, 0.2) is 48.5 Å². The number of ether oxygens (including phenoxy) is 2. The third kappa shape index (κ3) is 9.52. The number of likely N-dealkylation sites (tertiary alicyclic amines) is 1. The number of rotatable bonds is 14. The molecule has 2 unspecified atom stereocenters. The predicted molar refractivity (Wildman–Crippen MR) is 167 cm³/mol. The van der Waals surface area contributed by atoms with Crippen molar-refractivity contribution < 1.29 is 59.4 Å². The fourth-order valence-corrected chi connectivity index (χ4v) is 6.60. The Balaban J connectivity index is 2.01. The lowest BCUT2D eigenvalue weighted by molar-refractivity contribution is -0.175. The van der Waals surface area contributed by atoms with E-state index < -0.39 is 107 Å². The highest BCUT2D eigenvalue weighted by molar-refractivity contribution is 7.79. The van der Waals surface area contributed by atoms with Crippen molar-refractivity contribution in [1.29, 1.82) is 0 Å². The number of carbonyl (C=O) groups is 4. The molecule has 1 aliphatic rings. The Morgan fingerprint density at radius 1 is 1.04 bits per heavy atom. The molecule has 11 nitrogen and oxygen atoms in total. The number of halogens is 6. The topological polar surface area (TPSA) is 151 Å². The maximum atomic E-state index is 15.2. The zero-order chi connectivity index (χ0) is 36.8. The summed E-state index contributed by atoms with van der Waals surface area (Å²) in [5.74, 6) is -12.4. The van der Waals surface area contributed by atoms with Crippen LogP contribution in [0.2, 0.25) is 5.02 Å². The Kier molecular flexibility index (Phi) is 13.3. The Labute approximate surface area is 286 Å². The monoisotopic (exact) mass is 739 g/mol. The number of carbonyl (C=O) groups excluding carboxylic acids is 4. The Bertz CT molecular complexity index is 1550. The first-order valence-corrected chi connectivity index (χ1v) is 16.3. The van der Waals surface area contributed by atoms with Crippen molar-refractivity contribution in [2.45, 2.75) is 55.7 Å². The summed E-state index contributed by atoms with van der Waals surface area (Å²) in [6.07, 6.45) is -5.71. The molecule has 3 rings (SSSR count). The van der Waals surface area contributed by atoms with Crippen molar-refractivity contribution in [2.24, 2.45) is 11.8 Å². The number of ketones is 1. The van der Waals surface area contributed by atoms with E-state index in [4.69, 9.17) is 21.1 Å². The van der Waals surface area contributed by atoms with E-state index in [-0.39, 0.29) is 10.6 Å². The van der Waals surface area contributed by atoms with Gasteiger partial charge in [0.25, 0.3) is 11.7 Å². The maximum absolute atomic E-state index is 15.2. The van der Waals surface area contributed by atoms with Gasteiger partial charge in [-0.1, -0.05) is 49.7 Å². The van der Waals surface area contributed by atoms with E-state index >= 15 is 8.78 Å². The first kappa shape index (κ1) is 39.8. The Morgan fingerprint density at radius 3 is 2.18 bits per heavy atom. The van der Waals surface area contributed by atoms with Gasteiger partial charge in [-0.25, -0.2) is 4.21 Å². The number of nitrogens with zero attached hydrogens (tertiary/aromatic N) is 1. The third-order valence-electron chi connectivity index (χ3n) is 7.94. The van der Waals surface area contributed by atoms with Gasteiger partial charge < -0.3 is 29.6 Å². The van der Waals surface area contributed by atoms with E-state index in [1.54, 1.807) is 0 Å². The molecule has 18 heteroatoms. The molecule has 1 aliphatic heterocycles. The van der Waals surface area contributed by atoms with Crippen LogP contribution in [0.1, 0.15) is 36.6 Å². The van der Waals surface area contributed by atoms with E-state index in [2.05, 4.69) is 0 Å². The molecule has 3 N–H and O–H groups in total. The van der Waals surface area contributed by atoms with Crippen LogP contribution >= 0.6 is 11.6 Å².